The van der Waals surface area contributed by atoms with E-state index in [1.54, 1.807) is 0 Å². The summed E-state index contributed by atoms with van der Waals surface area (Å²) >= 11 is 0. The largest absolute Gasteiger partial charge is 0.494 e. The van der Waals surface area contributed by atoms with Gasteiger partial charge in [0.05, 0.1) is 23.4 Å². The summed E-state index contributed by atoms with van der Waals surface area (Å²) in [4.78, 5) is 12.1. The zero-order valence-corrected chi connectivity index (χ0v) is 20.1. The molecule has 0 bridgehead atoms. The summed E-state index contributed by atoms with van der Waals surface area (Å²) in [6.45, 7) is 10.9. The van der Waals surface area contributed by atoms with Gasteiger partial charge in [-0.3, -0.25) is 5.32 Å². The number of hydrogen-bond acceptors (Lipinski definition) is 4. The van der Waals surface area contributed by atoms with Crippen molar-refractivity contribution < 1.29 is 14.3 Å². The quantitative estimate of drug-likeness (QED) is 0.374. The average molecular weight is 448 g/mol. The van der Waals surface area contributed by atoms with E-state index in [1.807, 2.05) is 56.3 Å². The van der Waals surface area contributed by atoms with Gasteiger partial charge < -0.3 is 14.0 Å². The molecule has 3 rings (SSSR count). The minimum absolute atomic E-state index is 0.139. The molecule has 1 amide bonds. The maximum absolute atomic E-state index is 12.1. The second-order valence-corrected chi connectivity index (χ2v) is 8.32. The van der Waals surface area contributed by atoms with Crippen LogP contribution in [0.25, 0.3) is 22.2 Å². The summed E-state index contributed by atoms with van der Waals surface area (Å²) in [7, 11) is 0. The molecule has 2 atom stereocenters. The van der Waals surface area contributed by atoms with E-state index in [9.17, 15) is 10.1 Å². The molecule has 174 valence electrons. The van der Waals surface area contributed by atoms with Crippen molar-refractivity contribution in [2.45, 2.75) is 66.0 Å². The number of fused-ring (bicyclic) bond motifs is 1. The number of benzene rings is 2. The number of carbonyl (C=O) groups is 1. The van der Waals surface area contributed by atoms with Crippen molar-refractivity contribution in [2.75, 3.05) is 11.9 Å². The molecule has 1 aromatic heterocycles. The third-order valence-electron chi connectivity index (χ3n) is 5.88. The maximum atomic E-state index is 12.1. The Labute approximate surface area is 196 Å². The van der Waals surface area contributed by atoms with Gasteiger partial charge in [-0.2, -0.15) is 5.26 Å². The number of anilines is 1. The molecule has 6 heteroatoms. The van der Waals surface area contributed by atoms with Crippen molar-refractivity contribution in [1.29, 1.82) is 5.26 Å². The summed E-state index contributed by atoms with van der Waals surface area (Å²) in [5.41, 5.74) is 4.07. The number of nitrogens with zero attached hydrogens (tertiary/aromatic N) is 2. The molecule has 0 radical (unpaired) electrons. The Balaban J connectivity index is 2.04. The van der Waals surface area contributed by atoms with E-state index in [1.165, 1.54) is 0 Å². The van der Waals surface area contributed by atoms with E-state index >= 15 is 0 Å². The second-order valence-electron chi connectivity index (χ2n) is 8.32. The number of amides is 1. The molecule has 0 spiro atoms. The van der Waals surface area contributed by atoms with Crippen LogP contribution in [-0.2, 0) is 4.74 Å². The highest BCUT2D eigenvalue weighted by atomic mass is 16.6. The fourth-order valence-electron chi connectivity index (χ4n) is 3.76. The number of rotatable bonds is 9. The van der Waals surface area contributed by atoms with Gasteiger partial charge in [0.2, 0.25) is 0 Å². The van der Waals surface area contributed by atoms with E-state index in [2.05, 4.69) is 36.7 Å². The standard InChI is InChI=1S/C27H33N3O3/c1-6-15-32-22-13-14-23-24(17-28)26(30(18(4)7-2)25(23)16-22)20-9-11-21(12-10-20)29-27(31)33-19(5)8-3/h9-14,16,18-19H,6-8,15H2,1-5H3,(H,29,31). The van der Waals surface area contributed by atoms with Crippen LogP contribution in [0, 0.1) is 11.3 Å². The van der Waals surface area contributed by atoms with E-state index < -0.39 is 6.09 Å². The van der Waals surface area contributed by atoms with Gasteiger partial charge in [-0.1, -0.05) is 32.9 Å². The number of carbonyl (C=O) groups excluding carboxylic acids is 1. The second kappa shape index (κ2) is 10.9. The van der Waals surface area contributed by atoms with Crippen LogP contribution in [0.3, 0.4) is 0 Å². The molecule has 3 aromatic rings. The zero-order chi connectivity index (χ0) is 24.0. The van der Waals surface area contributed by atoms with Crippen molar-refractivity contribution in [3.8, 4) is 23.1 Å². The number of nitrogens with one attached hydrogen (secondary N) is 1. The van der Waals surface area contributed by atoms with Crippen molar-refractivity contribution in [3.05, 3.63) is 48.0 Å². The SMILES string of the molecule is CCCOc1ccc2c(C#N)c(-c3ccc(NC(=O)OC(C)CC)cc3)n(C(C)CC)c2c1. The van der Waals surface area contributed by atoms with Crippen LogP contribution in [0.2, 0.25) is 0 Å². The lowest BCUT2D eigenvalue weighted by atomic mass is 10.1. The lowest BCUT2D eigenvalue weighted by molar-refractivity contribution is 0.118. The normalized spacial score (nSPS) is 12.7. The smallest absolute Gasteiger partial charge is 0.411 e. The first kappa shape index (κ1) is 24.2. The van der Waals surface area contributed by atoms with Crippen LogP contribution in [0.15, 0.2) is 42.5 Å². The molecule has 0 aliphatic heterocycles. The van der Waals surface area contributed by atoms with Crippen LogP contribution in [0.4, 0.5) is 10.5 Å². The van der Waals surface area contributed by atoms with Gasteiger partial charge in [0.1, 0.15) is 17.9 Å². The molecule has 0 saturated carbocycles. The highest BCUT2D eigenvalue weighted by Crippen LogP contribution is 2.38. The number of aromatic nitrogens is 1. The third-order valence-corrected chi connectivity index (χ3v) is 5.88. The molecule has 6 nitrogen and oxygen atoms in total. The summed E-state index contributed by atoms with van der Waals surface area (Å²) in [6.07, 6.45) is 2.00. The first-order valence-corrected chi connectivity index (χ1v) is 11.7. The summed E-state index contributed by atoms with van der Waals surface area (Å²) in [5, 5.41) is 13.7. The number of hydrogen-bond donors (Lipinski definition) is 1. The number of nitriles is 1. The van der Waals surface area contributed by atoms with Gasteiger partial charge in [-0.15, -0.1) is 0 Å². The molecule has 0 aliphatic carbocycles. The van der Waals surface area contributed by atoms with Crippen molar-refractivity contribution >= 4 is 22.7 Å². The highest BCUT2D eigenvalue weighted by molar-refractivity contribution is 5.95. The topological polar surface area (TPSA) is 76.3 Å². The van der Waals surface area contributed by atoms with Crippen molar-refractivity contribution in [3.63, 3.8) is 0 Å². The van der Waals surface area contributed by atoms with Gasteiger partial charge in [-0.25, -0.2) is 4.79 Å². The van der Waals surface area contributed by atoms with Crippen molar-refractivity contribution in [2.24, 2.45) is 0 Å². The molecule has 2 aromatic carbocycles. The monoisotopic (exact) mass is 447 g/mol. The Bertz CT molecular complexity index is 1140. The molecule has 2 unspecified atom stereocenters. The highest BCUT2D eigenvalue weighted by Gasteiger charge is 2.22. The van der Waals surface area contributed by atoms with Crippen LogP contribution < -0.4 is 10.1 Å². The Morgan fingerprint density at radius 2 is 1.82 bits per heavy atom. The molecule has 0 aliphatic rings. The van der Waals surface area contributed by atoms with Gasteiger partial charge in [0.15, 0.2) is 0 Å². The van der Waals surface area contributed by atoms with Gasteiger partial charge in [0, 0.05) is 23.2 Å². The summed E-state index contributed by atoms with van der Waals surface area (Å²) in [6, 6.07) is 16.1. The van der Waals surface area contributed by atoms with Crippen molar-refractivity contribution in [1.82, 2.24) is 4.57 Å². The lowest BCUT2D eigenvalue weighted by Crippen LogP contribution is -2.19. The van der Waals surface area contributed by atoms with Gasteiger partial charge >= 0.3 is 6.09 Å². The molecular formula is C27H33N3O3. The van der Waals surface area contributed by atoms with E-state index in [0.29, 0.717) is 17.9 Å². The maximum Gasteiger partial charge on any atom is 0.411 e. The average Bonchev–Trinajstić information content (AvgIpc) is 3.16. The Hall–Kier alpha value is -3.46. The zero-order valence-electron chi connectivity index (χ0n) is 20.1. The first-order chi connectivity index (χ1) is 15.9. The molecule has 1 heterocycles. The Morgan fingerprint density at radius 1 is 1.09 bits per heavy atom. The van der Waals surface area contributed by atoms with Gasteiger partial charge in [-0.05, 0) is 62.9 Å². The molecule has 0 fully saturated rings. The fourth-order valence-corrected chi connectivity index (χ4v) is 3.76. The molecule has 33 heavy (non-hydrogen) atoms. The van der Waals surface area contributed by atoms with Crippen LogP contribution in [-0.4, -0.2) is 23.4 Å². The predicted octanol–water partition coefficient (Wildman–Crippen LogP) is 7.29. The first-order valence-electron chi connectivity index (χ1n) is 11.7. The van der Waals surface area contributed by atoms with Crippen LogP contribution >= 0.6 is 0 Å². The molecular weight excluding hydrogens is 414 g/mol. The molecule has 0 saturated heterocycles. The number of ether oxygens (including phenoxy) is 2. The Kier molecular flexibility index (Phi) is 8.00. The minimum atomic E-state index is -0.469. The van der Waals surface area contributed by atoms with E-state index in [-0.39, 0.29) is 12.1 Å². The van der Waals surface area contributed by atoms with Gasteiger partial charge in [0.25, 0.3) is 0 Å². The Morgan fingerprint density at radius 3 is 2.42 bits per heavy atom. The predicted molar refractivity (Wildman–Crippen MR) is 133 cm³/mol. The minimum Gasteiger partial charge on any atom is -0.494 e. The fraction of sp³-hybridized carbons (Fsp3) is 0.407. The summed E-state index contributed by atoms with van der Waals surface area (Å²) < 4.78 is 13.4. The third kappa shape index (κ3) is 5.31. The lowest BCUT2D eigenvalue weighted by Gasteiger charge is -2.18. The van der Waals surface area contributed by atoms with E-state index in [4.69, 9.17) is 9.47 Å². The molecule has 1 N–H and O–H groups in total. The van der Waals surface area contributed by atoms with Crippen LogP contribution in [0.5, 0.6) is 5.75 Å². The summed E-state index contributed by atoms with van der Waals surface area (Å²) in [5.74, 6) is 0.807. The van der Waals surface area contributed by atoms with Crippen LogP contribution in [0.1, 0.15) is 65.5 Å². The van der Waals surface area contributed by atoms with E-state index in [0.717, 1.165) is 47.2 Å².